The van der Waals surface area contributed by atoms with Crippen LogP contribution in [0.25, 0.3) is 0 Å². The summed E-state index contributed by atoms with van der Waals surface area (Å²) in [5.74, 6) is 1.30. The Kier molecular flexibility index (Phi) is 6.96. The number of nitrogens with one attached hydrogen (secondary N) is 1. The summed E-state index contributed by atoms with van der Waals surface area (Å²) in [7, 11) is 1.83. The van der Waals surface area contributed by atoms with Gasteiger partial charge in [0.1, 0.15) is 0 Å². The zero-order valence-corrected chi connectivity index (χ0v) is 14.7. The van der Waals surface area contributed by atoms with E-state index in [0.29, 0.717) is 23.9 Å². The molecule has 120 valence electrons. The fourth-order valence-corrected chi connectivity index (χ4v) is 3.51. The van der Waals surface area contributed by atoms with Gasteiger partial charge in [-0.1, -0.05) is 41.5 Å². The number of nitrogens with zero attached hydrogens (tertiary/aromatic N) is 1. The zero-order valence-electron chi connectivity index (χ0n) is 14.7. The fraction of sp³-hybridized carbons (Fsp3) is 1.00. The highest BCUT2D eigenvalue weighted by Crippen LogP contribution is 2.29. The smallest absolute Gasteiger partial charge is 0.0620 e. The standard InChI is InChI=1S/C17H36N2O/c1-8-17(9-2)12-19(15(10-18-17)13(3)4)16(11-20-7)14(5)6/h13-16,18H,8-12H2,1-7H3. The van der Waals surface area contributed by atoms with E-state index in [-0.39, 0.29) is 5.54 Å². The maximum absolute atomic E-state index is 5.52. The van der Waals surface area contributed by atoms with Crippen LogP contribution in [0.4, 0.5) is 0 Å². The lowest BCUT2D eigenvalue weighted by molar-refractivity contribution is -0.0261. The fourth-order valence-electron chi connectivity index (χ4n) is 3.51. The molecule has 0 aromatic heterocycles. The maximum atomic E-state index is 5.52. The van der Waals surface area contributed by atoms with E-state index in [9.17, 15) is 0 Å². The van der Waals surface area contributed by atoms with Crippen molar-refractivity contribution in [1.82, 2.24) is 10.2 Å². The molecule has 0 aromatic rings. The van der Waals surface area contributed by atoms with Gasteiger partial charge in [0.25, 0.3) is 0 Å². The summed E-state index contributed by atoms with van der Waals surface area (Å²) in [6.45, 7) is 17.0. The van der Waals surface area contributed by atoms with Crippen LogP contribution in [-0.2, 0) is 4.74 Å². The molecule has 0 amide bonds. The molecule has 20 heavy (non-hydrogen) atoms. The first-order valence-electron chi connectivity index (χ1n) is 8.40. The number of hydrogen-bond acceptors (Lipinski definition) is 3. The normalized spacial score (nSPS) is 25.4. The van der Waals surface area contributed by atoms with Crippen LogP contribution < -0.4 is 5.32 Å². The molecule has 0 radical (unpaired) electrons. The third-order valence-electron chi connectivity index (χ3n) is 5.25. The lowest BCUT2D eigenvalue weighted by atomic mass is 9.84. The van der Waals surface area contributed by atoms with E-state index in [1.807, 2.05) is 7.11 Å². The third kappa shape index (κ3) is 3.96. The Morgan fingerprint density at radius 1 is 1.20 bits per heavy atom. The van der Waals surface area contributed by atoms with Crippen molar-refractivity contribution in [3.05, 3.63) is 0 Å². The molecule has 1 heterocycles. The van der Waals surface area contributed by atoms with Gasteiger partial charge in [-0.05, 0) is 24.7 Å². The van der Waals surface area contributed by atoms with Crippen molar-refractivity contribution in [2.75, 3.05) is 26.8 Å². The van der Waals surface area contributed by atoms with E-state index >= 15 is 0 Å². The van der Waals surface area contributed by atoms with Crippen molar-refractivity contribution in [3.8, 4) is 0 Å². The Labute approximate surface area is 126 Å². The molecule has 1 fully saturated rings. The molecule has 1 saturated heterocycles. The number of rotatable bonds is 7. The Bertz CT molecular complexity index is 274. The third-order valence-corrected chi connectivity index (χ3v) is 5.25. The quantitative estimate of drug-likeness (QED) is 0.777. The maximum Gasteiger partial charge on any atom is 0.0620 e. The second-order valence-corrected chi connectivity index (χ2v) is 7.12. The highest BCUT2D eigenvalue weighted by molar-refractivity contribution is 5.00. The molecule has 0 saturated carbocycles. The van der Waals surface area contributed by atoms with Crippen molar-refractivity contribution in [1.29, 1.82) is 0 Å². The van der Waals surface area contributed by atoms with Crippen molar-refractivity contribution in [2.45, 2.75) is 72.0 Å². The summed E-state index contributed by atoms with van der Waals surface area (Å²) < 4.78 is 5.52. The largest absolute Gasteiger partial charge is 0.383 e. The van der Waals surface area contributed by atoms with Crippen molar-refractivity contribution in [2.24, 2.45) is 11.8 Å². The number of ether oxygens (including phenoxy) is 1. The molecule has 3 nitrogen and oxygen atoms in total. The van der Waals surface area contributed by atoms with Gasteiger partial charge < -0.3 is 10.1 Å². The Morgan fingerprint density at radius 2 is 1.80 bits per heavy atom. The zero-order chi connectivity index (χ0) is 15.3. The van der Waals surface area contributed by atoms with E-state index < -0.39 is 0 Å². The molecular formula is C17H36N2O. The highest BCUT2D eigenvalue weighted by atomic mass is 16.5. The van der Waals surface area contributed by atoms with Gasteiger partial charge in [0.2, 0.25) is 0 Å². The SMILES string of the molecule is CCC1(CC)CN(C(COC)C(C)C)C(C(C)C)CN1. The summed E-state index contributed by atoms with van der Waals surface area (Å²) >= 11 is 0. The van der Waals surface area contributed by atoms with Gasteiger partial charge in [-0.25, -0.2) is 0 Å². The molecular weight excluding hydrogens is 248 g/mol. The van der Waals surface area contributed by atoms with Gasteiger partial charge in [-0.2, -0.15) is 0 Å². The average molecular weight is 284 g/mol. The number of methoxy groups -OCH3 is 1. The van der Waals surface area contributed by atoms with Crippen LogP contribution in [-0.4, -0.2) is 49.3 Å². The lowest BCUT2D eigenvalue weighted by Crippen LogP contribution is -2.68. The molecule has 0 bridgehead atoms. The Hall–Kier alpha value is -0.120. The lowest BCUT2D eigenvalue weighted by Gasteiger charge is -2.52. The van der Waals surface area contributed by atoms with Crippen LogP contribution in [0.2, 0.25) is 0 Å². The molecule has 1 aliphatic rings. The van der Waals surface area contributed by atoms with E-state index in [4.69, 9.17) is 4.74 Å². The minimum absolute atomic E-state index is 0.284. The predicted octanol–water partition coefficient (Wildman–Crippen LogP) is 3.15. The van der Waals surface area contributed by atoms with Gasteiger partial charge >= 0.3 is 0 Å². The monoisotopic (exact) mass is 284 g/mol. The summed E-state index contributed by atoms with van der Waals surface area (Å²) in [5.41, 5.74) is 0.284. The average Bonchev–Trinajstić information content (AvgIpc) is 2.43. The van der Waals surface area contributed by atoms with Crippen molar-refractivity contribution >= 4 is 0 Å². The summed E-state index contributed by atoms with van der Waals surface area (Å²) in [6, 6.07) is 1.13. The minimum Gasteiger partial charge on any atom is -0.383 e. The van der Waals surface area contributed by atoms with Gasteiger partial charge in [-0.3, -0.25) is 4.90 Å². The highest BCUT2D eigenvalue weighted by Gasteiger charge is 2.41. The van der Waals surface area contributed by atoms with Crippen LogP contribution in [0.5, 0.6) is 0 Å². The topological polar surface area (TPSA) is 24.5 Å². The van der Waals surface area contributed by atoms with Gasteiger partial charge in [-0.15, -0.1) is 0 Å². The molecule has 1 aliphatic heterocycles. The van der Waals surface area contributed by atoms with Crippen LogP contribution in [0.15, 0.2) is 0 Å². The van der Waals surface area contributed by atoms with E-state index in [1.165, 1.54) is 12.8 Å². The van der Waals surface area contributed by atoms with Crippen LogP contribution >= 0.6 is 0 Å². The number of piperazine rings is 1. The minimum atomic E-state index is 0.284. The van der Waals surface area contributed by atoms with Crippen molar-refractivity contribution < 1.29 is 4.74 Å². The predicted molar refractivity (Wildman–Crippen MR) is 87.1 cm³/mol. The first-order valence-corrected chi connectivity index (χ1v) is 8.40. The molecule has 0 spiro atoms. The van der Waals surface area contributed by atoms with E-state index in [2.05, 4.69) is 51.8 Å². The summed E-state index contributed by atoms with van der Waals surface area (Å²) in [5, 5.41) is 3.85. The van der Waals surface area contributed by atoms with Crippen molar-refractivity contribution in [3.63, 3.8) is 0 Å². The summed E-state index contributed by atoms with van der Waals surface area (Å²) in [4.78, 5) is 2.74. The number of hydrogen-bond donors (Lipinski definition) is 1. The molecule has 2 unspecified atom stereocenters. The Morgan fingerprint density at radius 3 is 2.20 bits per heavy atom. The van der Waals surface area contributed by atoms with Gasteiger partial charge in [0.15, 0.2) is 0 Å². The Balaban J connectivity index is 2.97. The summed E-state index contributed by atoms with van der Waals surface area (Å²) in [6.07, 6.45) is 2.39. The molecule has 1 rings (SSSR count). The van der Waals surface area contributed by atoms with Crippen LogP contribution in [0.3, 0.4) is 0 Å². The van der Waals surface area contributed by atoms with E-state index in [0.717, 1.165) is 19.7 Å². The van der Waals surface area contributed by atoms with Gasteiger partial charge in [0, 0.05) is 37.8 Å². The van der Waals surface area contributed by atoms with Gasteiger partial charge in [0.05, 0.1) is 6.61 Å². The molecule has 1 N–H and O–H groups in total. The molecule has 3 heteroatoms. The van der Waals surface area contributed by atoms with Crippen LogP contribution in [0, 0.1) is 11.8 Å². The van der Waals surface area contributed by atoms with E-state index in [1.54, 1.807) is 0 Å². The first kappa shape index (κ1) is 17.9. The first-order chi connectivity index (χ1) is 9.40. The molecule has 0 aliphatic carbocycles. The molecule has 2 atom stereocenters. The second kappa shape index (κ2) is 7.77. The van der Waals surface area contributed by atoms with Crippen LogP contribution in [0.1, 0.15) is 54.4 Å². The molecule has 0 aromatic carbocycles. The second-order valence-electron chi connectivity index (χ2n) is 7.12.